The average Bonchev–Trinajstić information content (AvgIpc) is 2.86. The number of benzene rings is 2. The summed E-state index contributed by atoms with van der Waals surface area (Å²) in [4.78, 5) is 5.20. The first-order valence-corrected chi connectivity index (χ1v) is 12.0. The Hall–Kier alpha value is -2.36. The highest BCUT2D eigenvalue weighted by atomic mass is 15.3. The number of hydrogen-bond acceptors (Lipinski definition) is 3. The molecule has 1 atom stereocenters. The number of para-hydroxylation sites is 1. The summed E-state index contributed by atoms with van der Waals surface area (Å²) in [5.41, 5.74) is 6.26. The van der Waals surface area contributed by atoms with E-state index in [1.807, 2.05) is 0 Å². The maximum Gasteiger partial charge on any atom is 0.0367 e. The van der Waals surface area contributed by atoms with Gasteiger partial charge in [-0.3, -0.25) is 4.90 Å². The number of allylic oxidation sites excluding steroid dienone is 1. The molecule has 1 unspecified atom stereocenters. The fraction of sp³-hybridized carbons (Fsp3) is 0.429. The van der Waals surface area contributed by atoms with Crippen LogP contribution in [0, 0.1) is 0 Å². The van der Waals surface area contributed by atoms with Crippen molar-refractivity contribution in [3.8, 4) is 0 Å². The van der Waals surface area contributed by atoms with Crippen molar-refractivity contribution in [2.45, 2.75) is 31.1 Å². The highest BCUT2D eigenvalue weighted by molar-refractivity contribution is 5.47. The molecular weight excluding hydrogens is 378 g/mol. The van der Waals surface area contributed by atoms with Gasteiger partial charge in [0, 0.05) is 50.4 Å². The quantitative estimate of drug-likeness (QED) is 0.735. The predicted octanol–water partition coefficient (Wildman–Crippen LogP) is 4.78. The summed E-state index contributed by atoms with van der Waals surface area (Å²) in [5.74, 6) is 0. The molecule has 1 N–H and O–H groups in total. The Bertz CT molecular complexity index is 910. The normalized spacial score (nSPS) is 24.3. The van der Waals surface area contributed by atoms with Crippen molar-refractivity contribution in [2.24, 2.45) is 0 Å². The van der Waals surface area contributed by atoms with Crippen LogP contribution in [0.1, 0.15) is 31.2 Å². The van der Waals surface area contributed by atoms with Gasteiger partial charge in [0.1, 0.15) is 0 Å². The summed E-state index contributed by atoms with van der Waals surface area (Å²) in [5, 5.41) is 3.76. The lowest BCUT2D eigenvalue weighted by Gasteiger charge is -2.44. The highest BCUT2D eigenvalue weighted by Crippen LogP contribution is 2.43. The third-order valence-corrected chi connectivity index (χ3v) is 7.49. The van der Waals surface area contributed by atoms with Crippen LogP contribution >= 0.6 is 0 Å². The molecule has 2 aliphatic heterocycles. The van der Waals surface area contributed by atoms with Crippen LogP contribution in [-0.4, -0.2) is 50.7 Å². The van der Waals surface area contributed by atoms with E-state index in [9.17, 15) is 0 Å². The van der Waals surface area contributed by atoms with Crippen LogP contribution in [0.4, 0.5) is 5.69 Å². The molecule has 2 aromatic carbocycles. The molecule has 3 nitrogen and oxygen atoms in total. The van der Waals surface area contributed by atoms with Crippen molar-refractivity contribution >= 4 is 5.69 Å². The molecule has 0 saturated carbocycles. The molecule has 31 heavy (non-hydrogen) atoms. The standard InChI is InChI=1S/C28H35N3/c1-3-11-25(12-4-1)28(23-29-22-24-10-7-8-15-27(24)28)16-9-17-30-18-20-31(21-19-30)26-13-5-2-6-14-26/h1-7,10-14,29H,8-9,15-23H2. The van der Waals surface area contributed by atoms with Gasteiger partial charge in [-0.15, -0.1) is 0 Å². The predicted molar refractivity (Wildman–Crippen MR) is 131 cm³/mol. The zero-order valence-corrected chi connectivity index (χ0v) is 18.6. The number of rotatable bonds is 6. The Morgan fingerprint density at radius 1 is 0.871 bits per heavy atom. The van der Waals surface area contributed by atoms with E-state index in [1.165, 1.54) is 62.1 Å². The Kier molecular flexibility index (Phi) is 6.24. The van der Waals surface area contributed by atoms with E-state index < -0.39 is 0 Å². The van der Waals surface area contributed by atoms with Gasteiger partial charge in [0.15, 0.2) is 0 Å². The van der Waals surface area contributed by atoms with Gasteiger partial charge in [-0.1, -0.05) is 66.3 Å². The molecule has 162 valence electrons. The zero-order chi connectivity index (χ0) is 20.9. The summed E-state index contributed by atoms with van der Waals surface area (Å²) < 4.78 is 0. The SMILES string of the molecule is C1=CC2=C(CC1)C(CCCN1CCN(c3ccccc3)CC1)(c1ccccc1)CNC2. The summed E-state index contributed by atoms with van der Waals surface area (Å²) in [6, 6.07) is 22.2. The van der Waals surface area contributed by atoms with Crippen LogP contribution in [0.2, 0.25) is 0 Å². The van der Waals surface area contributed by atoms with Crippen LogP contribution in [0.25, 0.3) is 0 Å². The monoisotopic (exact) mass is 413 g/mol. The third kappa shape index (κ3) is 4.35. The molecule has 2 aromatic rings. The molecule has 5 rings (SSSR count). The molecular formula is C28H35N3. The van der Waals surface area contributed by atoms with E-state index in [0.717, 1.165) is 26.2 Å². The second-order valence-corrected chi connectivity index (χ2v) is 9.26. The molecule has 0 radical (unpaired) electrons. The van der Waals surface area contributed by atoms with Crippen LogP contribution in [0.3, 0.4) is 0 Å². The van der Waals surface area contributed by atoms with Gasteiger partial charge in [-0.05, 0) is 55.5 Å². The molecule has 0 amide bonds. The molecule has 0 bridgehead atoms. The van der Waals surface area contributed by atoms with Crippen molar-refractivity contribution in [1.82, 2.24) is 10.2 Å². The molecule has 1 aliphatic carbocycles. The number of anilines is 1. The summed E-state index contributed by atoms with van der Waals surface area (Å²) in [7, 11) is 0. The smallest absolute Gasteiger partial charge is 0.0367 e. The molecule has 0 aromatic heterocycles. The molecule has 3 heteroatoms. The molecule has 1 saturated heterocycles. The molecule has 3 aliphatic rings. The van der Waals surface area contributed by atoms with Gasteiger partial charge in [0.05, 0.1) is 0 Å². The van der Waals surface area contributed by atoms with Gasteiger partial charge < -0.3 is 10.2 Å². The third-order valence-electron chi connectivity index (χ3n) is 7.49. The van der Waals surface area contributed by atoms with Gasteiger partial charge in [-0.25, -0.2) is 0 Å². The second-order valence-electron chi connectivity index (χ2n) is 9.26. The van der Waals surface area contributed by atoms with Crippen molar-refractivity contribution in [1.29, 1.82) is 0 Å². The van der Waals surface area contributed by atoms with Crippen LogP contribution in [0.5, 0.6) is 0 Å². The Morgan fingerprint density at radius 2 is 1.61 bits per heavy atom. The van der Waals surface area contributed by atoms with Gasteiger partial charge in [0.2, 0.25) is 0 Å². The minimum Gasteiger partial charge on any atom is -0.369 e. The highest BCUT2D eigenvalue weighted by Gasteiger charge is 2.39. The largest absolute Gasteiger partial charge is 0.369 e. The fourth-order valence-electron chi connectivity index (χ4n) is 5.83. The van der Waals surface area contributed by atoms with Gasteiger partial charge >= 0.3 is 0 Å². The van der Waals surface area contributed by atoms with Gasteiger partial charge in [-0.2, -0.15) is 0 Å². The number of nitrogens with zero attached hydrogens (tertiary/aromatic N) is 2. The molecule has 0 spiro atoms. The van der Waals surface area contributed by atoms with Crippen LogP contribution < -0.4 is 10.2 Å². The zero-order valence-electron chi connectivity index (χ0n) is 18.6. The first-order chi connectivity index (χ1) is 15.4. The minimum atomic E-state index is 0.158. The first-order valence-electron chi connectivity index (χ1n) is 12.0. The average molecular weight is 414 g/mol. The van der Waals surface area contributed by atoms with Crippen LogP contribution in [-0.2, 0) is 5.41 Å². The van der Waals surface area contributed by atoms with Gasteiger partial charge in [0.25, 0.3) is 0 Å². The lowest BCUT2D eigenvalue weighted by molar-refractivity contribution is 0.242. The summed E-state index contributed by atoms with van der Waals surface area (Å²) in [6.45, 7) is 7.91. The molecule has 1 fully saturated rings. The van der Waals surface area contributed by atoms with E-state index in [0.29, 0.717) is 0 Å². The maximum atomic E-state index is 3.76. The number of piperazine rings is 1. The summed E-state index contributed by atoms with van der Waals surface area (Å²) in [6.07, 6.45) is 9.63. The maximum absolute atomic E-state index is 3.76. The topological polar surface area (TPSA) is 18.5 Å². The minimum absolute atomic E-state index is 0.158. The molecule has 2 heterocycles. The van der Waals surface area contributed by atoms with Crippen molar-refractivity contribution < 1.29 is 0 Å². The van der Waals surface area contributed by atoms with E-state index in [1.54, 1.807) is 5.57 Å². The Labute approximate surface area is 187 Å². The lowest BCUT2D eigenvalue weighted by atomic mass is 9.65. The Balaban J connectivity index is 1.25. The van der Waals surface area contributed by atoms with E-state index in [2.05, 4.69) is 87.9 Å². The second kappa shape index (κ2) is 9.42. The fourth-order valence-corrected chi connectivity index (χ4v) is 5.83. The van der Waals surface area contributed by atoms with E-state index >= 15 is 0 Å². The Morgan fingerprint density at radius 3 is 2.39 bits per heavy atom. The van der Waals surface area contributed by atoms with Crippen molar-refractivity contribution in [2.75, 3.05) is 50.7 Å². The van der Waals surface area contributed by atoms with E-state index in [4.69, 9.17) is 0 Å². The van der Waals surface area contributed by atoms with Crippen molar-refractivity contribution in [3.63, 3.8) is 0 Å². The lowest BCUT2D eigenvalue weighted by Crippen LogP contribution is -2.48. The van der Waals surface area contributed by atoms with Crippen LogP contribution in [0.15, 0.2) is 84.0 Å². The number of hydrogen-bond donors (Lipinski definition) is 1. The number of nitrogens with one attached hydrogen (secondary N) is 1. The summed E-state index contributed by atoms with van der Waals surface area (Å²) >= 11 is 0. The van der Waals surface area contributed by atoms with E-state index in [-0.39, 0.29) is 5.41 Å². The first kappa shape index (κ1) is 20.5. The van der Waals surface area contributed by atoms with Crippen molar-refractivity contribution in [3.05, 3.63) is 89.5 Å².